The average molecular weight is 377 g/mol. The molecule has 1 aromatic carbocycles. The second-order valence-corrected chi connectivity index (χ2v) is 7.74. The van der Waals surface area contributed by atoms with Crippen LogP contribution in [0.2, 0.25) is 5.02 Å². The fraction of sp³-hybridized carbons (Fsp3) is 0.526. The smallest absolute Gasteiger partial charge is 0.417 e. The third-order valence-corrected chi connectivity index (χ3v) is 6.12. The van der Waals surface area contributed by atoms with Gasteiger partial charge in [0.15, 0.2) is 6.61 Å². The lowest BCUT2D eigenvalue weighted by Gasteiger charge is -2.33. The first-order valence-electron chi connectivity index (χ1n) is 9.05. The van der Waals surface area contributed by atoms with E-state index in [4.69, 9.17) is 16.3 Å². The molecule has 1 atom stereocenters. The van der Waals surface area contributed by atoms with Crippen molar-refractivity contribution in [3.8, 4) is 0 Å². The number of rotatable bonds is 3. The quantitative estimate of drug-likeness (QED) is 0.813. The molecule has 138 valence electrons. The molecule has 0 N–H and O–H groups in total. The van der Waals surface area contributed by atoms with Crippen LogP contribution in [0, 0.1) is 0 Å². The molecule has 0 aromatic heterocycles. The van der Waals surface area contributed by atoms with E-state index >= 15 is 0 Å². The van der Waals surface area contributed by atoms with Crippen LogP contribution in [-0.4, -0.2) is 53.4 Å². The van der Waals surface area contributed by atoms with Gasteiger partial charge in [0.05, 0.1) is 11.5 Å². The van der Waals surface area contributed by atoms with Crippen LogP contribution >= 0.6 is 11.6 Å². The second kappa shape index (κ2) is 6.58. The minimum atomic E-state index is -0.595. The summed E-state index contributed by atoms with van der Waals surface area (Å²) in [5.74, 6) is -0.220. The third kappa shape index (κ3) is 2.76. The Balaban J connectivity index is 1.55. The van der Waals surface area contributed by atoms with Gasteiger partial charge >= 0.3 is 6.09 Å². The second-order valence-electron chi connectivity index (χ2n) is 7.31. The van der Waals surface area contributed by atoms with Gasteiger partial charge in [-0.05, 0) is 37.0 Å². The van der Waals surface area contributed by atoms with Gasteiger partial charge in [0.25, 0.3) is 5.91 Å². The van der Waals surface area contributed by atoms with E-state index in [1.54, 1.807) is 0 Å². The summed E-state index contributed by atoms with van der Waals surface area (Å²) in [7, 11) is 0. The first-order chi connectivity index (χ1) is 12.5. The molecule has 6 nitrogen and oxygen atoms in total. The molecule has 3 fully saturated rings. The van der Waals surface area contributed by atoms with E-state index < -0.39 is 11.5 Å². The maximum Gasteiger partial charge on any atom is 0.417 e. The molecule has 0 radical (unpaired) electrons. The Morgan fingerprint density at radius 1 is 1.15 bits per heavy atom. The number of imide groups is 1. The summed E-state index contributed by atoms with van der Waals surface area (Å²) in [6, 6.07) is 7.26. The van der Waals surface area contributed by atoms with E-state index in [2.05, 4.69) is 0 Å². The first-order valence-corrected chi connectivity index (χ1v) is 9.43. The predicted octanol–water partition coefficient (Wildman–Crippen LogP) is 2.73. The van der Waals surface area contributed by atoms with E-state index in [1.807, 2.05) is 29.2 Å². The number of carbonyl (C=O) groups excluding carboxylic acids is 3. The Morgan fingerprint density at radius 3 is 2.46 bits per heavy atom. The normalized spacial score (nSPS) is 25.0. The van der Waals surface area contributed by atoms with Crippen molar-refractivity contribution in [3.05, 3.63) is 34.9 Å². The number of hydrogen-bond acceptors (Lipinski definition) is 4. The summed E-state index contributed by atoms with van der Waals surface area (Å²) < 4.78 is 4.81. The van der Waals surface area contributed by atoms with Gasteiger partial charge in [0, 0.05) is 18.1 Å². The van der Waals surface area contributed by atoms with Crippen molar-refractivity contribution < 1.29 is 19.1 Å². The number of nitrogens with zero attached hydrogens (tertiary/aromatic N) is 2. The average Bonchev–Trinajstić information content (AvgIpc) is 3.36. The van der Waals surface area contributed by atoms with Gasteiger partial charge in [-0.15, -0.1) is 0 Å². The summed E-state index contributed by atoms with van der Waals surface area (Å²) in [4.78, 5) is 40.1. The van der Waals surface area contributed by atoms with E-state index in [0.717, 1.165) is 31.2 Å². The van der Waals surface area contributed by atoms with Crippen LogP contribution in [0.25, 0.3) is 0 Å². The SMILES string of the molecule is O=C1COC(=O)N1[C@@H]1CCN(C(=O)C2(c3ccc(Cl)cc3)CCCC2)C1. The van der Waals surface area contributed by atoms with Gasteiger partial charge in [-0.1, -0.05) is 36.6 Å². The molecule has 1 saturated carbocycles. The van der Waals surface area contributed by atoms with E-state index in [0.29, 0.717) is 24.5 Å². The van der Waals surface area contributed by atoms with E-state index in [1.165, 1.54) is 4.90 Å². The summed E-state index contributed by atoms with van der Waals surface area (Å²) >= 11 is 6.01. The van der Waals surface area contributed by atoms with Crippen LogP contribution in [0.1, 0.15) is 37.7 Å². The van der Waals surface area contributed by atoms with Crippen molar-refractivity contribution in [3.63, 3.8) is 0 Å². The van der Waals surface area contributed by atoms with Crippen molar-refractivity contribution in [2.45, 2.75) is 43.6 Å². The molecule has 3 aliphatic rings. The Hall–Kier alpha value is -2.08. The van der Waals surface area contributed by atoms with Gasteiger partial charge in [0.2, 0.25) is 5.91 Å². The first kappa shape index (κ1) is 17.3. The molecule has 1 aromatic rings. The fourth-order valence-corrected chi connectivity index (χ4v) is 4.66. The largest absolute Gasteiger partial charge is 0.439 e. The lowest BCUT2D eigenvalue weighted by Crippen LogP contribution is -2.47. The van der Waals surface area contributed by atoms with Gasteiger partial charge in [-0.25, -0.2) is 9.69 Å². The zero-order valence-electron chi connectivity index (χ0n) is 14.4. The molecule has 2 aliphatic heterocycles. The van der Waals surface area contributed by atoms with Gasteiger partial charge in [0.1, 0.15) is 0 Å². The Bertz CT molecular complexity index is 726. The zero-order chi connectivity index (χ0) is 18.3. The summed E-state index contributed by atoms with van der Waals surface area (Å²) in [5, 5.41) is 0.654. The number of halogens is 1. The van der Waals surface area contributed by atoms with E-state index in [-0.39, 0.29) is 24.5 Å². The minimum Gasteiger partial charge on any atom is -0.439 e. The summed E-state index contributed by atoms with van der Waals surface area (Å²) in [5.41, 5.74) is 0.485. The molecule has 4 rings (SSSR count). The molecule has 7 heteroatoms. The number of carbonyl (C=O) groups is 3. The fourth-order valence-electron chi connectivity index (χ4n) is 4.53. The van der Waals surface area contributed by atoms with Crippen molar-refractivity contribution >= 4 is 29.5 Å². The summed E-state index contributed by atoms with van der Waals surface area (Å²) in [6.07, 6.45) is 3.68. The Morgan fingerprint density at radius 2 is 1.85 bits per heavy atom. The number of amides is 3. The molecule has 2 heterocycles. The highest BCUT2D eigenvalue weighted by atomic mass is 35.5. The topological polar surface area (TPSA) is 66.9 Å². The van der Waals surface area contributed by atoms with Gasteiger partial charge in [-0.2, -0.15) is 0 Å². The maximum atomic E-state index is 13.5. The lowest BCUT2D eigenvalue weighted by atomic mass is 9.77. The third-order valence-electron chi connectivity index (χ3n) is 5.86. The highest BCUT2D eigenvalue weighted by Gasteiger charge is 2.48. The molecule has 2 saturated heterocycles. The predicted molar refractivity (Wildman–Crippen MR) is 94.8 cm³/mol. The molecule has 1 aliphatic carbocycles. The Kier molecular flexibility index (Phi) is 4.39. The van der Waals surface area contributed by atoms with E-state index in [9.17, 15) is 14.4 Å². The van der Waals surface area contributed by atoms with Crippen LogP contribution in [-0.2, 0) is 19.7 Å². The standard InChI is InChI=1S/C19H21ClN2O4/c20-14-5-3-13(4-6-14)19(8-1-2-9-19)17(24)21-10-7-15(11-21)22-16(23)12-26-18(22)25/h3-6,15H,1-2,7-12H2/t15-/m1/s1. The monoisotopic (exact) mass is 376 g/mol. The number of likely N-dealkylation sites (tertiary alicyclic amines) is 1. The number of cyclic esters (lactones) is 1. The highest BCUT2D eigenvalue weighted by molar-refractivity contribution is 6.30. The number of ether oxygens (including phenoxy) is 1. The number of hydrogen-bond donors (Lipinski definition) is 0. The zero-order valence-corrected chi connectivity index (χ0v) is 15.2. The molecule has 3 amide bonds. The van der Waals surface area contributed by atoms with Crippen molar-refractivity contribution in [2.24, 2.45) is 0 Å². The highest BCUT2D eigenvalue weighted by Crippen LogP contribution is 2.43. The van der Waals surface area contributed by atoms with Gasteiger partial charge < -0.3 is 9.64 Å². The maximum absolute atomic E-state index is 13.5. The minimum absolute atomic E-state index is 0.0971. The van der Waals surface area contributed by atoms with Crippen molar-refractivity contribution in [1.29, 1.82) is 0 Å². The van der Waals surface area contributed by atoms with Crippen LogP contribution in [0.4, 0.5) is 4.79 Å². The van der Waals surface area contributed by atoms with Crippen molar-refractivity contribution in [1.82, 2.24) is 9.80 Å². The van der Waals surface area contributed by atoms with Crippen LogP contribution in [0.5, 0.6) is 0 Å². The molecule has 26 heavy (non-hydrogen) atoms. The van der Waals surface area contributed by atoms with Crippen molar-refractivity contribution in [2.75, 3.05) is 19.7 Å². The molecule has 0 bridgehead atoms. The molecule has 0 spiro atoms. The van der Waals surface area contributed by atoms with Crippen LogP contribution in [0.3, 0.4) is 0 Å². The summed E-state index contributed by atoms with van der Waals surface area (Å²) in [6.45, 7) is 0.739. The van der Waals surface area contributed by atoms with Crippen LogP contribution < -0.4 is 0 Å². The number of benzene rings is 1. The molecular weight excluding hydrogens is 356 g/mol. The molecular formula is C19H21ClN2O4. The lowest BCUT2D eigenvalue weighted by molar-refractivity contribution is -0.137. The van der Waals surface area contributed by atoms with Gasteiger partial charge in [-0.3, -0.25) is 9.59 Å². The van der Waals surface area contributed by atoms with Crippen LogP contribution in [0.15, 0.2) is 24.3 Å². The molecule has 0 unspecified atom stereocenters. The Labute approximate surface area is 157 Å².